The molecule has 0 amide bonds. The number of hydrogen-bond donors (Lipinski definition) is 1. The Bertz CT molecular complexity index is 226. The summed E-state index contributed by atoms with van der Waals surface area (Å²) >= 11 is 0. The molecule has 0 aliphatic heterocycles. The van der Waals surface area contributed by atoms with Crippen molar-refractivity contribution in [2.45, 2.75) is 58.4 Å². The molecule has 14 heavy (non-hydrogen) atoms. The average molecular weight is 218 g/mol. The first-order valence-corrected chi connectivity index (χ1v) is 7.74. The molecule has 0 fully saturated rings. The number of carboxylic acids is 1. The first kappa shape index (κ1) is 13.6. The molecule has 0 unspecified atom stereocenters. The molecule has 3 nitrogen and oxygen atoms in total. The molecule has 0 aromatic rings. The van der Waals surface area contributed by atoms with Gasteiger partial charge in [-0.15, -0.1) is 0 Å². The SMILES string of the molecule is CC(C)(O[Si](C)(C)C(C)(C)C)C(=O)O. The molecule has 0 radical (unpaired) electrons. The van der Waals surface area contributed by atoms with Gasteiger partial charge in [0.05, 0.1) is 0 Å². The Labute approximate surface area is 87.6 Å². The van der Waals surface area contributed by atoms with Crippen LogP contribution in [0.4, 0.5) is 0 Å². The zero-order chi connectivity index (χ0) is 11.8. The Balaban J connectivity index is 4.76. The van der Waals surface area contributed by atoms with E-state index in [-0.39, 0.29) is 5.04 Å². The van der Waals surface area contributed by atoms with Crippen molar-refractivity contribution in [2.24, 2.45) is 0 Å². The third-order valence-electron chi connectivity index (χ3n) is 2.83. The quantitative estimate of drug-likeness (QED) is 0.741. The molecule has 0 aromatic heterocycles. The minimum atomic E-state index is -1.98. The van der Waals surface area contributed by atoms with Gasteiger partial charge in [-0.1, -0.05) is 20.8 Å². The molecule has 0 aliphatic carbocycles. The Kier molecular flexibility index (Phi) is 3.57. The highest BCUT2D eigenvalue weighted by molar-refractivity contribution is 6.74. The molecule has 0 spiro atoms. The number of aliphatic carboxylic acids is 1. The lowest BCUT2D eigenvalue weighted by molar-refractivity contribution is -0.153. The zero-order valence-electron chi connectivity index (χ0n) is 10.3. The summed E-state index contributed by atoms with van der Waals surface area (Å²) in [6, 6.07) is 0. The van der Waals surface area contributed by atoms with Gasteiger partial charge in [0, 0.05) is 0 Å². The minimum Gasteiger partial charge on any atom is -0.479 e. The zero-order valence-corrected chi connectivity index (χ0v) is 11.3. The molecule has 0 bridgehead atoms. The molecule has 0 rings (SSSR count). The van der Waals surface area contributed by atoms with E-state index in [1.807, 2.05) is 0 Å². The lowest BCUT2D eigenvalue weighted by Gasteiger charge is -2.40. The number of carboxylic acid groups (broad SMARTS) is 1. The predicted octanol–water partition coefficient (Wildman–Crippen LogP) is 2.87. The maximum atomic E-state index is 10.9. The van der Waals surface area contributed by atoms with Crippen molar-refractivity contribution < 1.29 is 14.3 Å². The van der Waals surface area contributed by atoms with Crippen LogP contribution in [0.25, 0.3) is 0 Å². The number of hydrogen-bond acceptors (Lipinski definition) is 2. The first-order chi connectivity index (χ1) is 5.90. The molecule has 0 saturated heterocycles. The van der Waals surface area contributed by atoms with Gasteiger partial charge in [0.15, 0.2) is 8.32 Å². The van der Waals surface area contributed by atoms with Gasteiger partial charge < -0.3 is 9.53 Å². The van der Waals surface area contributed by atoms with Gasteiger partial charge >= 0.3 is 5.97 Å². The maximum absolute atomic E-state index is 10.9. The third-order valence-corrected chi connectivity index (χ3v) is 7.46. The van der Waals surface area contributed by atoms with Gasteiger partial charge in [-0.2, -0.15) is 0 Å². The van der Waals surface area contributed by atoms with Crippen LogP contribution in [-0.2, 0) is 9.22 Å². The summed E-state index contributed by atoms with van der Waals surface area (Å²) < 4.78 is 5.79. The smallest absolute Gasteiger partial charge is 0.334 e. The van der Waals surface area contributed by atoms with Crippen molar-refractivity contribution in [3.05, 3.63) is 0 Å². The van der Waals surface area contributed by atoms with E-state index in [2.05, 4.69) is 33.9 Å². The highest BCUT2D eigenvalue weighted by Gasteiger charge is 2.43. The summed E-state index contributed by atoms with van der Waals surface area (Å²) in [6.07, 6.45) is 0. The van der Waals surface area contributed by atoms with Crippen LogP contribution < -0.4 is 0 Å². The Morgan fingerprint density at radius 1 is 1.14 bits per heavy atom. The van der Waals surface area contributed by atoms with Gasteiger partial charge in [0.2, 0.25) is 0 Å². The van der Waals surface area contributed by atoms with Crippen molar-refractivity contribution in [1.29, 1.82) is 0 Å². The van der Waals surface area contributed by atoms with E-state index in [0.29, 0.717) is 0 Å². The average Bonchev–Trinajstić information content (AvgIpc) is 1.80. The van der Waals surface area contributed by atoms with E-state index in [0.717, 1.165) is 0 Å². The van der Waals surface area contributed by atoms with E-state index >= 15 is 0 Å². The summed E-state index contributed by atoms with van der Waals surface area (Å²) in [7, 11) is -1.98. The van der Waals surface area contributed by atoms with Crippen molar-refractivity contribution >= 4 is 14.3 Å². The van der Waals surface area contributed by atoms with Crippen LogP contribution >= 0.6 is 0 Å². The third kappa shape index (κ3) is 3.10. The largest absolute Gasteiger partial charge is 0.479 e. The molecule has 1 N–H and O–H groups in total. The monoisotopic (exact) mass is 218 g/mol. The van der Waals surface area contributed by atoms with E-state index < -0.39 is 19.9 Å². The minimum absolute atomic E-state index is 0.0414. The maximum Gasteiger partial charge on any atom is 0.334 e. The molecular weight excluding hydrogens is 196 g/mol. The van der Waals surface area contributed by atoms with Gasteiger partial charge in [-0.3, -0.25) is 0 Å². The van der Waals surface area contributed by atoms with E-state index in [4.69, 9.17) is 9.53 Å². The summed E-state index contributed by atoms with van der Waals surface area (Å²) in [5.41, 5.74) is -1.08. The Morgan fingerprint density at radius 3 is 1.71 bits per heavy atom. The van der Waals surface area contributed by atoms with Crippen LogP contribution in [0.15, 0.2) is 0 Å². The van der Waals surface area contributed by atoms with Crippen LogP contribution in [0.2, 0.25) is 18.1 Å². The molecule has 84 valence electrons. The fourth-order valence-electron chi connectivity index (χ4n) is 0.835. The van der Waals surface area contributed by atoms with Gasteiger partial charge in [0.25, 0.3) is 0 Å². The van der Waals surface area contributed by atoms with Gasteiger partial charge in [-0.05, 0) is 32.0 Å². The molecule has 0 saturated carbocycles. The van der Waals surface area contributed by atoms with Crippen molar-refractivity contribution in [3.63, 3.8) is 0 Å². The molecular formula is C10H22O3Si. The molecule has 4 heteroatoms. The van der Waals surface area contributed by atoms with Gasteiger partial charge in [0.1, 0.15) is 5.60 Å². The molecule has 0 atom stereocenters. The first-order valence-electron chi connectivity index (χ1n) is 4.84. The second kappa shape index (κ2) is 3.66. The van der Waals surface area contributed by atoms with Crippen molar-refractivity contribution in [1.82, 2.24) is 0 Å². The summed E-state index contributed by atoms with van der Waals surface area (Å²) in [4.78, 5) is 10.9. The molecule has 0 aliphatic rings. The van der Waals surface area contributed by atoms with E-state index in [1.165, 1.54) is 0 Å². The Morgan fingerprint density at radius 2 is 1.50 bits per heavy atom. The highest BCUT2D eigenvalue weighted by Crippen LogP contribution is 2.39. The van der Waals surface area contributed by atoms with Crippen LogP contribution in [0, 0.1) is 0 Å². The fraction of sp³-hybridized carbons (Fsp3) is 0.900. The normalized spacial score (nSPS) is 14.2. The standard InChI is InChI=1S/C10H22O3Si/c1-9(2,3)14(6,7)13-10(4,5)8(11)12/h1-7H3,(H,11,12). The Hall–Kier alpha value is -0.353. The number of rotatable bonds is 3. The lowest BCUT2D eigenvalue weighted by Crippen LogP contribution is -2.50. The topological polar surface area (TPSA) is 46.5 Å². The second-order valence-corrected chi connectivity index (χ2v) is 10.4. The van der Waals surface area contributed by atoms with Crippen molar-refractivity contribution in [2.75, 3.05) is 0 Å². The van der Waals surface area contributed by atoms with Crippen LogP contribution in [0.5, 0.6) is 0 Å². The van der Waals surface area contributed by atoms with Crippen LogP contribution in [0.3, 0.4) is 0 Å². The van der Waals surface area contributed by atoms with E-state index in [1.54, 1.807) is 13.8 Å². The number of carbonyl (C=O) groups is 1. The summed E-state index contributed by atoms with van der Waals surface area (Å²) in [5, 5.41) is 9.01. The summed E-state index contributed by atoms with van der Waals surface area (Å²) in [5.74, 6) is -0.901. The second-order valence-electron chi connectivity index (χ2n) is 5.68. The highest BCUT2D eigenvalue weighted by atomic mass is 28.4. The van der Waals surface area contributed by atoms with Crippen LogP contribution in [-0.4, -0.2) is 25.0 Å². The molecule has 0 aromatic carbocycles. The summed E-state index contributed by atoms with van der Waals surface area (Å²) in [6.45, 7) is 13.6. The molecule has 0 heterocycles. The van der Waals surface area contributed by atoms with Gasteiger partial charge in [-0.25, -0.2) is 4.79 Å². The predicted molar refractivity (Wildman–Crippen MR) is 60.0 cm³/mol. The van der Waals surface area contributed by atoms with Crippen molar-refractivity contribution in [3.8, 4) is 0 Å². The van der Waals surface area contributed by atoms with E-state index in [9.17, 15) is 4.79 Å². The lowest BCUT2D eigenvalue weighted by atomic mass is 10.1. The van der Waals surface area contributed by atoms with Crippen LogP contribution in [0.1, 0.15) is 34.6 Å². The fourth-order valence-corrected chi connectivity index (χ4v) is 2.50.